The van der Waals surface area contributed by atoms with Crippen LogP contribution in [0.2, 0.25) is 0 Å². The maximum atomic E-state index is 12.3. The van der Waals surface area contributed by atoms with Gasteiger partial charge in [-0.05, 0) is 29.8 Å². The molecule has 0 aliphatic rings. The van der Waals surface area contributed by atoms with Crippen molar-refractivity contribution in [2.24, 2.45) is 0 Å². The Bertz CT molecular complexity index is 1140. The molecule has 0 aliphatic carbocycles. The molecule has 1 heterocycles. The van der Waals surface area contributed by atoms with Crippen molar-refractivity contribution in [1.82, 2.24) is 19.8 Å². The molecule has 3 rings (SSSR count). The van der Waals surface area contributed by atoms with Gasteiger partial charge in [0.1, 0.15) is 0 Å². The average molecular weight is 459 g/mol. The van der Waals surface area contributed by atoms with E-state index < -0.39 is 10.0 Å². The lowest BCUT2D eigenvalue weighted by Crippen LogP contribution is -2.24. The van der Waals surface area contributed by atoms with Crippen LogP contribution in [-0.2, 0) is 16.6 Å². The zero-order valence-corrected chi connectivity index (χ0v) is 18.7. The van der Waals surface area contributed by atoms with Crippen LogP contribution in [0.15, 0.2) is 75.2 Å². The zero-order valence-electron chi connectivity index (χ0n) is 17.1. The monoisotopic (exact) mass is 458 g/mol. The maximum Gasteiger partial charge on any atom is 0.276 e. The number of carbonyl (C=O) groups is 1. The van der Waals surface area contributed by atoms with Crippen LogP contribution in [0.3, 0.4) is 0 Å². The summed E-state index contributed by atoms with van der Waals surface area (Å²) in [5.74, 6) is 0.590. The van der Waals surface area contributed by atoms with Crippen LogP contribution in [0.1, 0.15) is 21.8 Å². The highest BCUT2D eigenvalue weighted by molar-refractivity contribution is 7.99. The van der Waals surface area contributed by atoms with Crippen molar-refractivity contribution >= 4 is 33.8 Å². The fourth-order valence-electron chi connectivity index (χ4n) is 2.48. The third kappa shape index (κ3) is 6.27. The summed E-state index contributed by atoms with van der Waals surface area (Å²) in [5, 5.41) is 11.0. The number of nitrogens with one attached hydrogen (secondary N) is 1. The fraction of sp³-hybridized carbons (Fsp3) is 0.190. The minimum Gasteiger partial charge on any atom is -0.414 e. The number of benzene rings is 2. The lowest BCUT2D eigenvalue weighted by Gasteiger charge is -2.11. The minimum atomic E-state index is -3.54. The van der Waals surface area contributed by atoms with Gasteiger partial charge in [-0.2, -0.15) is 0 Å². The van der Waals surface area contributed by atoms with Crippen LogP contribution in [0.5, 0.6) is 0 Å². The van der Waals surface area contributed by atoms with Gasteiger partial charge in [0.2, 0.25) is 15.9 Å². The molecule has 0 radical (unpaired) electrons. The molecule has 0 saturated carbocycles. The van der Waals surface area contributed by atoms with E-state index in [2.05, 4.69) is 15.5 Å². The van der Waals surface area contributed by atoms with Crippen molar-refractivity contribution in [2.75, 3.05) is 19.8 Å². The van der Waals surface area contributed by atoms with Gasteiger partial charge in [-0.1, -0.05) is 54.2 Å². The molecule has 3 aromatic rings. The molecule has 1 amide bonds. The van der Waals surface area contributed by atoms with E-state index in [1.54, 1.807) is 0 Å². The number of rotatable bonds is 9. The Kier molecular flexibility index (Phi) is 7.61. The number of thioether (sulfide) groups is 1. The van der Waals surface area contributed by atoms with Gasteiger partial charge in [0.15, 0.2) is 0 Å². The molecular weight excluding hydrogens is 436 g/mol. The van der Waals surface area contributed by atoms with Gasteiger partial charge in [0.05, 0.1) is 11.4 Å². The molecule has 0 atom stereocenters. The SMILES string of the molecule is CN(C)S(=O)(=O)c1ccc(C(=O)NCc2nnc(SCC=Cc3ccccc3)o2)cc1. The number of hydrogen-bond acceptors (Lipinski definition) is 7. The summed E-state index contributed by atoms with van der Waals surface area (Å²) in [5.41, 5.74) is 1.45. The second-order valence-electron chi connectivity index (χ2n) is 6.58. The van der Waals surface area contributed by atoms with Gasteiger partial charge in [-0.15, -0.1) is 10.2 Å². The fourth-order valence-corrected chi connectivity index (χ4v) is 3.97. The van der Waals surface area contributed by atoms with Crippen molar-refractivity contribution in [2.45, 2.75) is 16.7 Å². The molecule has 162 valence electrons. The van der Waals surface area contributed by atoms with E-state index in [0.29, 0.717) is 16.5 Å². The van der Waals surface area contributed by atoms with E-state index in [1.165, 1.54) is 50.1 Å². The first-order valence-corrected chi connectivity index (χ1v) is 11.8. The molecule has 31 heavy (non-hydrogen) atoms. The Morgan fingerprint density at radius 3 is 2.48 bits per heavy atom. The number of carbonyl (C=O) groups excluding carboxylic acids is 1. The molecule has 0 bridgehead atoms. The van der Waals surface area contributed by atoms with E-state index >= 15 is 0 Å². The molecule has 0 spiro atoms. The smallest absolute Gasteiger partial charge is 0.276 e. The van der Waals surface area contributed by atoms with Gasteiger partial charge in [0, 0.05) is 25.4 Å². The molecule has 0 unspecified atom stereocenters. The zero-order chi connectivity index (χ0) is 22.3. The molecule has 10 heteroatoms. The third-order valence-corrected chi connectivity index (χ3v) is 6.76. The quantitative estimate of drug-likeness (QED) is 0.491. The molecule has 0 saturated heterocycles. The standard InChI is InChI=1S/C21H22N4O4S2/c1-25(2)31(27,28)18-12-10-17(11-13-18)20(26)22-15-19-23-24-21(29-19)30-14-6-9-16-7-4-3-5-8-16/h3-13H,14-15H2,1-2H3,(H,22,26). The van der Waals surface area contributed by atoms with Gasteiger partial charge >= 0.3 is 0 Å². The van der Waals surface area contributed by atoms with Crippen molar-refractivity contribution in [3.8, 4) is 0 Å². The number of hydrogen-bond donors (Lipinski definition) is 1. The first-order valence-electron chi connectivity index (χ1n) is 9.34. The first-order chi connectivity index (χ1) is 14.9. The molecule has 8 nitrogen and oxygen atoms in total. The highest BCUT2D eigenvalue weighted by Gasteiger charge is 2.17. The van der Waals surface area contributed by atoms with Crippen LogP contribution in [0, 0.1) is 0 Å². The van der Waals surface area contributed by atoms with Crippen LogP contribution in [0.4, 0.5) is 0 Å². The molecule has 1 aromatic heterocycles. The van der Waals surface area contributed by atoms with Crippen molar-refractivity contribution in [1.29, 1.82) is 0 Å². The second kappa shape index (κ2) is 10.4. The molecule has 1 N–H and O–H groups in total. The summed E-state index contributed by atoms with van der Waals surface area (Å²) in [7, 11) is -0.635. The third-order valence-electron chi connectivity index (χ3n) is 4.16. The molecular formula is C21H22N4O4S2. The topological polar surface area (TPSA) is 105 Å². The summed E-state index contributed by atoms with van der Waals surface area (Å²) < 4.78 is 30.8. The van der Waals surface area contributed by atoms with E-state index in [-0.39, 0.29) is 23.2 Å². The van der Waals surface area contributed by atoms with Gasteiger partial charge in [-0.3, -0.25) is 4.79 Å². The summed E-state index contributed by atoms with van der Waals surface area (Å²) in [6.45, 7) is 0.0734. The van der Waals surface area contributed by atoms with Crippen LogP contribution in [0.25, 0.3) is 6.08 Å². The van der Waals surface area contributed by atoms with E-state index in [1.807, 2.05) is 42.5 Å². The summed E-state index contributed by atoms with van der Waals surface area (Å²) in [4.78, 5) is 12.4. The number of aromatic nitrogens is 2. The highest BCUT2D eigenvalue weighted by atomic mass is 32.2. The molecule has 0 aliphatic heterocycles. The molecule has 0 fully saturated rings. The largest absolute Gasteiger partial charge is 0.414 e. The Hall–Kier alpha value is -2.95. The maximum absolute atomic E-state index is 12.3. The van der Waals surface area contributed by atoms with E-state index in [9.17, 15) is 13.2 Å². The van der Waals surface area contributed by atoms with Crippen LogP contribution in [-0.4, -0.2) is 48.7 Å². The van der Waals surface area contributed by atoms with Gasteiger partial charge < -0.3 is 9.73 Å². The Balaban J connectivity index is 1.49. The minimum absolute atomic E-state index is 0.0734. The predicted octanol–water partition coefficient (Wildman–Crippen LogP) is 3.06. The first kappa shape index (κ1) is 22.7. The summed E-state index contributed by atoms with van der Waals surface area (Å²) in [6.07, 6.45) is 4.02. The van der Waals surface area contributed by atoms with Gasteiger partial charge in [-0.25, -0.2) is 12.7 Å². The summed E-state index contributed by atoms with van der Waals surface area (Å²) >= 11 is 1.40. The summed E-state index contributed by atoms with van der Waals surface area (Å²) in [6, 6.07) is 15.7. The lowest BCUT2D eigenvalue weighted by molar-refractivity contribution is 0.0946. The van der Waals surface area contributed by atoms with Crippen molar-refractivity contribution in [3.63, 3.8) is 0 Å². The predicted molar refractivity (Wildman–Crippen MR) is 119 cm³/mol. The number of nitrogens with zero attached hydrogens (tertiary/aromatic N) is 3. The Morgan fingerprint density at radius 1 is 1.10 bits per heavy atom. The van der Waals surface area contributed by atoms with Crippen molar-refractivity contribution < 1.29 is 17.6 Å². The van der Waals surface area contributed by atoms with Crippen LogP contribution < -0.4 is 5.32 Å². The highest BCUT2D eigenvalue weighted by Crippen LogP contribution is 2.17. The van der Waals surface area contributed by atoms with E-state index in [0.717, 1.165) is 9.87 Å². The lowest BCUT2D eigenvalue weighted by atomic mass is 10.2. The normalized spacial score (nSPS) is 11.8. The second-order valence-corrected chi connectivity index (χ2v) is 9.70. The number of sulfonamides is 1. The van der Waals surface area contributed by atoms with Crippen LogP contribution >= 0.6 is 11.8 Å². The Morgan fingerprint density at radius 2 is 1.81 bits per heavy atom. The molecule has 2 aromatic carbocycles. The Labute approximate surface area is 185 Å². The number of amides is 1. The van der Waals surface area contributed by atoms with Crippen molar-refractivity contribution in [3.05, 3.63) is 77.7 Å². The van der Waals surface area contributed by atoms with Gasteiger partial charge in [0.25, 0.3) is 11.1 Å². The van der Waals surface area contributed by atoms with E-state index in [4.69, 9.17) is 4.42 Å². The average Bonchev–Trinajstić information content (AvgIpc) is 3.23.